The highest BCUT2D eigenvalue weighted by Crippen LogP contribution is 2.57. The number of aromatic nitrogens is 5. The van der Waals surface area contributed by atoms with Crippen LogP contribution in [0.15, 0.2) is 58.2 Å². The van der Waals surface area contributed by atoms with Crippen molar-refractivity contribution < 1.29 is 4.52 Å². The standard InChI is InChI=1S/C22H20N6O2/c1-13-7-8-23-20-18(13)22(29)28(12-24-20)11-17-25-21(26-30-17)19-15-9-27(10-16(15)19)14-5-3-2-4-6-14/h2-8,12,15-16,19H,9-11H2,1H3/t15-,16+,19+. The van der Waals surface area contributed by atoms with Crippen molar-refractivity contribution in [3.05, 3.63) is 76.6 Å². The molecule has 6 rings (SSSR count). The first kappa shape index (κ1) is 17.3. The van der Waals surface area contributed by atoms with Gasteiger partial charge in [-0.1, -0.05) is 23.4 Å². The number of piperidine rings is 1. The van der Waals surface area contributed by atoms with Gasteiger partial charge in [0.2, 0.25) is 5.89 Å². The Kier molecular flexibility index (Phi) is 3.74. The third-order valence-corrected chi connectivity index (χ3v) is 6.34. The molecule has 0 spiro atoms. The predicted octanol–water partition coefficient (Wildman–Crippen LogP) is 2.38. The number of hydrogen-bond donors (Lipinski definition) is 0. The SMILES string of the molecule is Cc1ccnc2ncn(Cc3nc([C@H]4[C@@H]5CN(c6ccccc6)C[C@@H]54)no3)c(=O)c12. The Morgan fingerprint density at radius 3 is 2.70 bits per heavy atom. The van der Waals surface area contributed by atoms with Crippen LogP contribution in [0.25, 0.3) is 11.0 Å². The van der Waals surface area contributed by atoms with Gasteiger partial charge in [-0.2, -0.15) is 4.98 Å². The van der Waals surface area contributed by atoms with Crippen molar-refractivity contribution in [2.45, 2.75) is 19.4 Å². The molecule has 0 radical (unpaired) electrons. The Labute approximate surface area is 172 Å². The van der Waals surface area contributed by atoms with Gasteiger partial charge in [0.25, 0.3) is 5.56 Å². The van der Waals surface area contributed by atoms with Gasteiger partial charge in [-0.25, -0.2) is 9.97 Å². The molecule has 3 aromatic heterocycles. The first-order valence-corrected chi connectivity index (χ1v) is 10.1. The lowest BCUT2D eigenvalue weighted by molar-refractivity contribution is 0.363. The van der Waals surface area contributed by atoms with Crippen LogP contribution in [0.5, 0.6) is 0 Å². The third kappa shape index (κ3) is 2.71. The maximum atomic E-state index is 12.8. The lowest BCUT2D eigenvalue weighted by Crippen LogP contribution is -2.23. The van der Waals surface area contributed by atoms with Crippen LogP contribution in [-0.4, -0.2) is 37.8 Å². The molecule has 2 aliphatic rings. The number of fused-ring (bicyclic) bond motifs is 2. The third-order valence-electron chi connectivity index (χ3n) is 6.34. The summed E-state index contributed by atoms with van der Waals surface area (Å²) in [4.78, 5) is 28.3. The van der Waals surface area contributed by atoms with E-state index in [1.807, 2.05) is 19.1 Å². The summed E-state index contributed by atoms with van der Waals surface area (Å²) < 4.78 is 6.97. The lowest BCUT2D eigenvalue weighted by Gasteiger charge is -2.21. The minimum Gasteiger partial charge on any atom is -0.371 e. The topological polar surface area (TPSA) is 89.9 Å². The lowest BCUT2D eigenvalue weighted by atomic mass is 10.2. The van der Waals surface area contributed by atoms with Crippen molar-refractivity contribution in [1.29, 1.82) is 0 Å². The summed E-state index contributed by atoms with van der Waals surface area (Å²) in [6.45, 7) is 4.13. The minimum atomic E-state index is -0.146. The molecule has 30 heavy (non-hydrogen) atoms. The van der Waals surface area contributed by atoms with Crippen LogP contribution in [0.3, 0.4) is 0 Å². The fourth-order valence-electron chi connectivity index (χ4n) is 4.71. The van der Waals surface area contributed by atoms with Gasteiger partial charge in [0.05, 0.1) is 5.39 Å². The van der Waals surface area contributed by atoms with Gasteiger partial charge in [0.1, 0.15) is 12.9 Å². The molecule has 8 heteroatoms. The van der Waals surface area contributed by atoms with E-state index in [1.54, 1.807) is 6.20 Å². The number of aryl methyl sites for hydroxylation is 1. The fourth-order valence-corrected chi connectivity index (χ4v) is 4.71. The van der Waals surface area contributed by atoms with Gasteiger partial charge in [-0.15, -0.1) is 0 Å². The molecule has 0 unspecified atom stereocenters. The van der Waals surface area contributed by atoms with E-state index < -0.39 is 0 Å². The van der Waals surface area contributed by atoms with Crippen LogP contribution in [0.1, 0.15) is 23.2 Å². The van der Waals surface area contributed by atoms with Crippen LogP contribution in [-0.2, 0) is 6.54 Å². The average Bonchev–Trinajstić information content (AvgIpc) is 3.10. The van der Waals surface area contributed by atoms with E-state index in [1.165, 1.54) is 16.6 Å². The Morgan fingerprint density at radius 2 is 1.90 bits per heavy atom. The van der Waals surface area contributed by atoms with Crippen LogP contribution < -0.4 is 10.5 Å². The van der Waals surface area contributed by atoms with Crippen molar-refractivity contribution in [2.75, 3.05) is 18.0 Å². The number of anilines is 1. The van der Waals surface area contributed by atoms with E-state index in [0.717, 1.165) is 24.5 Å². The van der Waals surface area contributed by atoms with Crippen LogP contribution in [0.2, 0.25) is 0 Å². The molecule has 4 heterocycles. The highest BCUT2D eigenvalue weighted by molar-refractivity contribution is 5.76. The average molecular weight is 400 g/mol. The Morgan fingerprint density at radius 1 is 1.10 bits per heavy atom. The molecule has 1 saturated carbocycles. The summed E-state index contributed by atoms with van der Waals surface area (Å²) in [5.41, 5.74) is 2.43. The largest absolute Gasteiger partial charge is 0.371 e. The number of para-hydroxylation sites is 1. The van der Waals surface area contributed by atoms with Crippen LogP contribution in [0, 0.1) is 18.8 Å². The molecule has 0 N–H and O–H groups in total. The first-order chi connectivity index (χ1) is 14.7. The smallest absolute Gasteiger partial charge is 0.263 e. The molecule has 1 saturated heterocycles. The molecular formula is C22H20N6O2. The summed E-state index contributed by atoms with van der Waals surface area (Å²) in [6, 6.07) is 12.3. The molecule has 0 bridgehead atoms. The summed E-state index contributed by atoms with van der Waals surface area (Å²) in [7, 11) is 0. The van der Waals surface area contributed by atoms with Crippen molar-refractivity contribution in [1.82, 2.24) is 24.7 Å². The molecule has 1 aliphatic carbocycles. The molecule has 1 aromatic carbocycles. The Hall–Kier alpha value is -3.55. The normalized spacial score (nSPS) is 22.4. The zero-order valence-electron chi connectivity index (χ0n) is 16.5. The Balaban J connectivity index is 1.19. The Bertz CT molecular complexity index is 1290. The van der Waals surface area contributed by atoms with E-state index in [-0.39, 0.29) is 12.1 Å². The van der Waals surface area contributed by atoms with E-state index in [9.17, 15) is 4.79 Å². The number of nitrogens with zero attached hydrogens (tertiary/aromatic N) is 6. The maximum Gasteiger partial charge on any atom is 0.263 e. The first-order valence-electron chi connectivity index (χ1n) is 10.1. The molecule has 4 aromatic rings. The number of benzene rings is 1. The number of rotatable bonds is 4. The molecule has 150 valence electrons. The van der Waals surface area contributed by atoms with Crippen molar-refractivity contribution in [3.8, 4) is 0 Å². The minimum absolute atomic E-state index is 0.146. The monoisotopic (exact) mass is 400 g/mol. The molecule has 2 fully saturated rings. The predicted molar refractivity (Wildman–Crippen MR) is 110 cm³/mol. The maximum absolute atomic E-state index is 12.8. The van der Waals surface area contributed by atoms with E-state index >= 15 is 0 Å². The highest BCUT2D eigenvalue weighted by atomic mass is 16.5. The van der Waals surface area contributed by atoms with Crippen molar-refractivity contribution >= 4 is 16.7 Å². The molecule has 1 aliphatic heterocycles. The quantitative estimate of drug-likeness (QED) is 0.519. The summed E-state index contributed by atoms with van der Waals surface area (Å²) in [6.07, 6.45) is 3.15. The highest BCUT2D eigenvalue weighted by Gasteiger charge is 2.58. The van der Waals surface area contributed by atoms with Crippen molar-refractivity contribution in [2.24, 2.45) is 11.8 Å². The number of pyridine rings is 1. The summed E-state index contributed by atoms with van der Waals surface area (Å²) >= 11 is 0. The second kappa shape index (κ2) is 6.48. The van der Waals surface area contributed by atoms with Gasteiger partial charge in [0, 0.05) is 30.9 Å². The van der Waals surface area contributed by atoms with Gasteiger partial charge in [-0.3, -0.25) is 9.36 Å². The number of hydrogen-bond acceptors (Lipinski definition) is 7. The second-order valence-electron chi connectivity index (χ2n) is 8.14. The molecule has 0 amide bonds. The zero-order chi connectivity index (χ0) is 20.2. The van der Waals surface area contributed by atoms with Crippen LogP contribution in [0.4, 0.5) is 5.69 Å². The van der Waals surface area contributed by atoms with Gasteiger partial charge < -0.3 is 9.42 Å². The second-order valence-corrected chi connectivity index (χ2v) is 8.14. The zero-order valence-corrected chi connectivity index (χ0v) is 16.5. The molecular weight excluding hydrogens is 380 g/mol. The van der Waals surface area contributed by atoms with E-state index in [2.05, 4.69) is 49.3 Å². The van der Waals surface area contributed by atoms with Gasteiger partial charge in [-0.05, 0) is 42.5 Å². The van der Waals surface area contributed by atoms with E-state index in [0.29, 0.717) is 34.7 Å². The fraction of sp³-hybridized carbons (Fsp3) is 0.318. The van der Waals surface area contributed by atoms with Gasteiger partial charge in [0.15, 0.2) is 11.5 Å². The van der Waals surface area contributed by atoms with Gasteiger partial charge >= 0.3 is 0 Å². The van der Waals surface area contributed by atoms with Crippen molar-refractivity contribution in [3.63, 3.8) is 0 Å². The van der Waals surface area contributed by atoms with Crippen LogP contribution >= 0.6 is 0 Å². The molecule has 3 atom stereocenters. The van der Waals surface area contributed by atoms with E-state index in [4.69, 9.17) is 4.52 Å². The summed E-state index contributed by atoms with van der Waals surface area (Å²) in [5, 5.41) is 4.74. The molecule has 8 nitrogen and oxygen atoms in total. The summed E-state index contributed by atoms with van der Waals surface area (Å²) in [5.74, 6) is 2.66.